The maximum Gasteiger partial charge on any atom is 0.358 e. The minimum absolute atomic E-state index is 0.0953. The highest BCUT2D eigenvalue weighted by molar-refractivity contribution is 7.94. The number of para-hydroxylation sites is 1. The summed E-state index contributed by atoms with van der Waals surface area (Å²) < 4.78 is 28.9. The van der Waals surface area contributed by atoms with Crippen LogP contribution in [-0.4, -0.2) is 43.7 Å². The summed E-state index contributed by atoms with van der Waals surface area (Å²) in [7, 11) is -3.38. The molecule has 1 aromatic heterocycles. The Morgan fingerprint density at radius 1 is 1.09 bits per heavy atom. The van der Waals surface area contributed by atoms with Gasteiger partial charge in [-0.05, 0) is 23.8 Å². The maximum absolute atomic E-state index is 12.9. The minimum Gasteiger partial charge on any atom is -0.451 e. The van der Waals surface area contributed by atoms with E-state index in [1.54, 1.807) is 35.7 Å². The van der Waals surface area contributed by atoms with Crippen LogP contribution in [0.5, 0.6) is 0 Å². The number of hydrogen-bond acceptors (Lipinski definition) is 8. The maximum atomic E-state index is 12.9. The molecular formula is C23H21N3O5S2. The molecule has 2 aromatic carbocycles. The van der Waals surface area contributed by atoms with Crippen molar-refractivity contribution in [1.29, 1.82) is 0 Å². The van der Waals surface area contributed by atoms with Gasteiger partial charge in [0.05, 0.1) is 11.8 Å². The Bertz CT molecular complexity index is 1260. The van der Waals surface area contributed by atoms with Crippen LogP contribution in [0.2, 0.25) is 0 Å². The number of aromatic nitrogens is 1. The van der Waals surface area contributed by atoms with Gasteiger partial charge in [-0.2, -0.15) is 0 Å². The Morgan fingerprint density at radius 2 is 1.79 bits per heavy atom. The number of thiazole rings is 1. The van der Waals surface area contributed by atoms with E-state index >= 15 is 0 Å². The predicted molar refractivity (Wildman–Crippen MR) is 127 cm³/mol. The number of sulfone groups is 1. The van der Waals surface area contributed by atoms with Crippen LogP contribution < -0.4 is 10.2 Å². The fourth-order valence-corrected chi connectivity index (χ4v) is 5.27. The van der Waals surface area contributed by atoms with Crippen molar-refractivity contribution in [1.82, 2.24) is 4.98 Å². The van der Waals surface area contributed by atoms with Gasteiger partial charge in [-0.1, -0.05) is 48.5 Å². The van der Waals surface area contributed by atoms with Gasteiger partial charge in [-0.25, -0.2) is 18.2 Å². The van der Waals surface area contributed by atoms with Crippen LogP contribution in [0.3, 0.4) is 0 Å². The van der Waals surface area contributed by atoms with Gasteiger partial charge in [0.1, 0.15) is 0 Å². The zero-order valence-corrected chi connectivity index (χ0v) is 19.1. The molecule has 0 saturated heterocycles. The third-order valence-corrected chi connectivity index (χ3v) is 7.05. The molecule has 0 unspecified atom stereocenters. The van der Waals surface area contributed by atoms with Crippen LogP contribution in [0.1, 0.15) is 16.1 Å². The van der Waals surface area contributed by atoms with E-state index in [2.05, 4.69) is 10.3 Å². The Labute approximate surface area is 195 Å². The van der Waals surface area contributed by atoms with Crippen LogP contribution in [0.15, 0.2) is 77.5 Å². The molecule has 0 bridgehead atoms. The van der Waals surface area contributed by atoms with Crippen molar-refractivity contribution in [3.8, 4) is 0 Å². The predicted octanol–water partition coefficient (Wildman–Crippen LogP) is 3.26. The normalized spacial score (nSPS) is 16.3. The van der Waals surface area contributed by atoms with E-state index < -0.39 is 34.4 Å². The summed E-state index contributed by atoms with van der Waals surface area (Å²) in [5.74, 6) is -1.47. The first kappa shape index (κ1) is 22.7. The van der Waals surface area contributed by atoms with Crippen molar-refractivity contribution < 1.29 is 22.7 Å². The second-order valence-corrected chi connectivity index (χ2v) is 10.1. The fraction of sp³-hybridized carbons (Fsp3) is 0.174. The van der Waals surface area contributed by atoms with Gasteiger partial charge in [0, 0.05) is 23.0 Å². The van der Waals surface area contributed by atoms with Gasteiger partial charge in [-0.3, -0.25) is 4.79 Å². The van der Waals surface area contributed by atoms with E-state index in [1.807, 2.05) is 30.3 Å². The lowest BCUT2D eigenvalue weighted by molar-refractivity contribution is -0.121. The van der Waals surface area contributed by atoms with E-state index in [0.717, 1.165) is 11.0 Å². The van der Waals surface area contributed by atoms with E-state index in [4.69, 9.17) is 4.74 Å². The summed E-state index contributed by atoms with van der Waals surface area (Å²) in [5.41, 5.74) is 1.69. The second-order valence-electron chi connectivity index (χ2n) is 7.28. The Balaban J connectivity index is 1.38. The van der Waals surface area contributed by atoms with Crippen LogP contribution in [-0.2, 0) is 25.9 Å². The largest absolute Gasteiger partial charge is 0.451 e. The molecular weight excluding hydrogens is 462 g/mol. The lowest BCUT2D eigenvalue weighted by Gasteiger charge is -2.27. The zero-order chi connectivity index (χ0) is 23.3. The third-order valence-electron chi connectivity index (χ3n) is 4.87. The molecule has 2 heterocycles. The molecule has 1 aliphatic heterocycles. The van der Waals surface area contributed by atoms with Crippen LogP contribution in [0, 0.1) is 0 Å². The van der Waals surface area contributed by atoms with Gasteiger partial charge < -0.3 is 15.0 Å². The average molecular weight is 484 g/mol. The molecule has 1 atom stereocenters. The monoisotopic (exact) mass is 483 g/mol. The number of nitrogens with zero attached hydrogens (tertiary/aromatic N) is 2. The Hall–Kier alpha value is -3.50. The number of amides is 1. The molecule has 0 spiro atoms. The SMILES string of the molecule is O=C(OCC(=O)N(c1ccccc1)[C@@H]1C=CS(=O)(=O)C1)c1csc(NCc2ccccc2)n1. The lowest BCUT2D eigenvalue weighted by atomic mass is 10.2. The van der Waals surface area contributed by atoms with Gasteiger partial charge in [-0.15, -0.1) is 11.3 Å². The molecule has 10 heteroatoms. The molecule has 0 aliphatic carbocycles. The fourth-order valence-electron chi connectivity index (χ4n) is 3.32. The molecule has 4 rings (SSSR count). The molecule has 170 valence electrons. The first-order chi connectivity index (χ1) is 15.9. The number of hydrogen-bond donors (Lipinski definition) is 1. The summed E-state index contributed by atoms with van der Waals surface area (Å²) >= 11 is 1.26. The molecule has 3 aromatic rings. The number of benzene rings is 2. The highest BCUT2D eigenvalue weighted by Gasteiger charge is 2.32. The first-order valence-corrected chi connectivity index (χ1v) is 12.7. The number of esters is 1. The first-order valence-electron chi connectivity index (χ1n) is 10.1. The Kier molecular flexibility index (Phi) is 6.85. The summed E-state index contributed by atoms with van der Waals surface area (Å²) in [6.07, 6.45) is 1.47. The van der Waals surface area contributed by atoms with Crippen molar-refractivity contribution in [2.75, 3.05) is 22.6 Å². The van der Waals surface area contributed by atoms with Crippen LogP contribution in [0.25, 0.3) is 0 Å². The molecule has 0 saturated carbocycles. The van der Waals surface area contributed by atoms with Crippen molar-refractivity contribution in [2.24, 2.45) is 0 Å². The van der Waals surface area contributed by atoms with E-state index in [0.29, 0.717) is 17.4 Å². The van der Waals surface area contributed by atoms with Crippen LogP contribution in [0.4, 0.5) is 10.8 Å². The zero-order valence-electron chi connectivity index (χ0n) is 17.5. The minimum atomic E-state index is -3.38. The summed E-state index contributed by atoms with van der Waals surface area (Å²) in [6.45, 7) is 0.0214. The molecule has 33 heavy (non-hydrogen) atoms. The van der Waals surface area contributed by atoms with E-state index in [9.17, 15) is 18.0 Å². The smallest absolute Gasteiger partial charge is 0.358 e. The van der Waals surface area contributed by atoms with Gasteiger partial charge in [0.15, 0.2) is 27.3 Å². The number of anilines is 2. The molecule has 0 fully saturated rings. The molecule has 1 amide bonds. The van der Waals surface area contributed by atoms with Gasteiger partial charge in [0.2, 0.25) is 0 Å². The highest BCUT2D eigenvalue weighted by Crippen LogP contribution is 2.23. The van der Waals surface area contributed by atoms with Crippen molar-refractivity contribution in [3.05, 3.63) is 88.8 Å². The second kappa shape index (κ2) is 9.97. The van der Waals surface area contributed by atoms with Crippen LogP contribution >= 0.6 is 11.3 Å². The molecule has 0 radical (unpaired) electrons. The van der Waals surface area contributed by atoms with Crippen molar-refractivity contribution in [3.63, 3.8) is 0 Å². The molecule has 1 N–H and O–H groups in total. The number of carbonyl (C=O) groups excluding carboxylic acids is 2. The summed E-state index contributed by atoms with van der Waals surface area (Å²) in [5, 5.41) is 6.37. The average Bonchev–Trinajstić information content (AvgIpc) is 3.44. The number of carbonyl (C=O) groups is 2. The molecule has 1 aliphatic rings. The quantitative estimate of drug-likeness (QED) is 0.490. The Morgan fingerprint density at radius 3 is 2.45 bits per heavy atom. The van der Waals surface area contributed by atoms with Crippen molar-refractivity contribution >= 4 is 43.9 Å². The van der Waals surface area contributed by atoms with Crippen molar-refractivity contribution in [2.45, 2.75) is 12.6 Å². The van der Waals surface area contributed by atoms with Gasteiger partial charge >= 0.3 is 5.97 Å². The lowest BCUT2D eigenvalue weighted by Crippen LogP contribution is -2.43. The summed E-state index contributed by atoms with van der Waals surface area (Å²) in [6, 6.07) is 17.8. The third kappa shape index (κ3) is 5.85. The van der Waals surface area contributed by atoms with E-state index in [-0.39, 0.29) is 11.4 Å². The highest BCUT2D eigenvalue weighted by atomic mass is 32.2. The summed E-state index contributed by atoms with van der Waals surface area (Å²) in [4.78, 5) is 30.9. The number of rotatable bonds is 8. The number of nitrogens with one attached hydrogen (secondary N) is 1. The topological polar surface area (TPSA) is 106 Å². The molecule has 8 nitrogen and oxygen atoms in total. The van der Waals surface area contributed by atoms with Gasteiger partial charge in [0.25, 0.3) is 5.91 Å². The van der Waals surface area contributed by atoms with E-state index in [1.165, 1.54) is 22.3 Å². The number of ether oxygens (including phenoxy) is 1. The standard InChI is InChI=1S/C23H21N3O5S2/c27-21(26(18-9-5-2-6-10-18)19-11-12-33(29,30)16-19)14-31-22(28)20-15-32-23(25-20)24-13-17-7-3-1-4-8-17/h1-12,15,19H,13-14,16H2,(H,24,25)/t19-/m1/s1.